The minimum atomic E-state index is -0.0953. The van der Waals surface area contributed by atoms with E-state index in [0.717, 1.165) is 24.3 Å². The Balaban J connectivity index is 1.86. The molecular weight excluding hydrogens is 310 g/mol. The Bertz CT molecular complexity index is 658. The molecule has 0 fully saturated rings. The summed E-state index contributed by atoms with van der Waals surface area (Å²) in [6.45, 7) is 5.64. The first-order chi connectivity index (χ1) is 11.0. The maximum absolute atomic E-state index is 12.2. The number of nitrogens with zero attached hydrogens (tertiary/aromatic N) is 1. The van der Waals surface area contributed by atoms with Crippen molar-refractivity contribution < 1.29 is 4.79 Å². The molecule has 1 heterocycles. The molecule has 1 aromatic heterocycles. The van der Waals surface area contributed by atoms with Gasteiger partial charge >= 0.3 is 0 Å². The molecule has 0 unspecified atom stereocenters. The number of carbonyl (C=O) groups excluding carboxylic acids is 1. The van der Waals surface area contributed by atoms with Gasteiger partial charge in [0.2, 0.25) is 0 Å². The van der Waals surface area contributed by atoms with Crippen molar-refractivity contribution in [3.8, 4) is 0 Å². The molecule has 4 nitrogen and oxygen atoms in total. The van der Waals surface area contributed by atoms with E-state index in [1.54, 1.807) is 18.3 Å². The van der Waals surface area contributed by atoms with Crippen LogP contribution in [0.15, 0.2) is 42.6 Å². The minimum absolute atomic E-state index is 0.0953. The highest BCUT2D eigenvalue weighted by molar-refractivity contribution is 6.30. The van der Waals surface area contributed by atoms with Crippen molar-refractivity contribution in [1.29, 1.82) is 0 Å². The topological polar surface area (TPSA) is 54.0 Å². The van der Waals surface area contributed by atoms with Crippen molar-refractivity contribution in [2.45, 2.75) is 20.3 Å². The van der Waals surface area contributed by atoms with Gasteiger partial charge in [0.05, 0.1) is 0 Å². The Hall–Kier alpha value is -2.07. The van der Waals surface area contributed by atoms with Crippen molar-refractivity contribution in [1.82, 2.24) is 10.3 Å². The lowest BCUT2D eigenvalue weighted by molar-refractivity contribution is 0.0954. The zero-order chi connectivity index (χ0) is 16.7. The highest BCUT2D eigenvalue weighted by atomic mass is 35.5. The van der Waals surface area contributed by atoms with E-state index in [4.69, 9.17) is 11.6 Å². The molecule has 2 N–H and O–H groups in total. The maximum Gasteiger partial charge on any atom is 0.251 e. The van der Waals surface area contributed by atoms with Gasteiger partial charge in [-0.15, -0.1) is 0 Å². The number of halogens is 1. The van der Waals surface area contributed by atoms with E-state index in [-0.39, 0.29) is 5.91 Å². The minimum Gasteiger partial charge on any atom is -0.370 e. The van der Waals surface area contributed by atoms with E-state index < -0.39 is 0 Å². The predicted molar refractivity (Wildman–Crippen MR) is 95.1 cm³/mol. The fourth-order valence-electron chi connectivity index (χ4n) is 2.09. The van der Waals surface area contributed by atoms with Crippen LogP contribution in [0.5, 0.6) is 0 Å². The van der Waals surface area contributed by atoms with Crippen LogP contribution in [-0.4, -0.2) is 24.0 Å². The summed E-state index contributed by atoms with van der Waals surface area (Å²) in [5.41, 5.74) is 1.71. The number of carbonyl (C=O) groups is 1. The summed E-state index contributed by atoms with van der Waals surface area (Å²) in [4.78, 5) is 16.4. The molecule has 2 rings (SSSR count). The van der Waals surface area contributed by atoms with E-state index in [1.165, 1.54) is 0 Å². The third-order valence-corrected chi connectivity index (χ3v) is 3.54. The first-order valence-corrected chi connectivity index (χ1v) is 8.15. The van der Waals surface area contributed by atoms with Crippen LogP contribution in [-0.2, 0) is 6.42 Å². The summed E-state index contributed by atoms with van der Waals surface area (Å²) in [6.07, 6.45) is 2.39. The number of hydrogen-bond acceptors (Lipinski definition) is 3. The number of benzene rings is 1. The molecule has 0 aliphatic carbocycles. The van der Waals surface area contributed by atoms with Crippen molar-refractivity contribution in [3.05, 3.63) is 58.7 Å². The van der Waals surface area contributed by atoms with Crippen molar-refractivity contribution in [2.24, 2.45) is 5.92 Å². The second-order valence-corrected chi connectivity index (χ2v) is 6.28. The molecule has 1 amide bonds. The third kappa shape index (κ3) is 5.91. The summed E-state index contributed by atoms with van der Waals surface area (Å²) in [7, 11) is 0. The number of rotatable bonds is 7. The first kappa shape index (κ1) is 17.3. The number of aromatic nitrogens is 1. The van der Waals surface area contributed by atoms with E-state index in [2.05, 4.69) is 29.5 Å². The van der Waals surface area contributed by atoms with Crippen molar-refractivity contribution >= 4 is 23.3 Å². The molecule has 0 bridgehead atoms. The molecule has 5 heteroatoms. The predicted octanol–water partition coefficient (Wildman–Crippen LogP) is 3.78. The lowest BCUT2D eigenvalue weighted by Gasteiger charge is -2.10. The Labute approximate surface area is 142 Å². The normalized spacial score (nSPS) is 10.6. The van der Waals surface area contributed by atoms with Gasteiger partial charge in [-0.05, 0) is 42.2 Å². The molecule has 2 aromatic rings. The maximum atomic E-state index is 12.2. The van der Waals surface area contributed by atoms with Gasteiger partial charge in [0.15, 0.2) is 0 Å². The van der Waals surface area contributed by atoms with Gasteiger partial charge in [-0.3, -0.25) is 4.79 Å². The van der Waals surface area contributed by atoms with Crippen LogP contribution in [0, 0.1) is 5.92 Å². The average Bonchev–Trinajstić information content (AvgIpc) is 2.53. The van der Waals surface area contributed by atoms with Gasteiger partial charge < -0.3 is 10.6 Å². The van der Waals surface area contributed by atoms with Crippen molar-refractivity contribution in [3.63, 3.8) is 0 Å². The summed E-state index contributed by atoms with van der Waals surface area (Å²) in [6, 6.07) is 11.2. The molecular formula is C18H22ClN3O. The molecule has 23 heavy (non-hydrogen) atoms. The molecule has 0 radical (unpaired) electrons. The van der Waals surface area contributed by atoms with Crippen LogP contribution in [0.1, 0.15) is 29.8 Å². The summed E-state index contributed by atoms with van der Waals surface area (Å²) in [5.74, 6) is 1.15. The van der Waals surface area contributed by atoms with Gasteiger partial charge in [-0.25, -0.2) is 4.98 Å². The van der Waals surface area contributed by atoms with Crippen LogP contribution in [0.25, 0.3) is 0 Å². The third-order valence-electron chi connectivity index (χ3n) is 3.30. The van der Waals surface area contributed by atoms with Crippen LogP contribution in [0.3, 0.4) is 0 Å². The zero-order valence-corrected chi connectivity index (χ0v) is 14.2. The highest BCUT2D eigenvalue weighted by Crippen LogP contribution is 2.11. The Kier molecular flexibility index (Phi) is 6.41. The second kappa shape index (κ2) is 8.53. The fraction of sp³-hybridized carbons (Fsp3) is 0.333. The Morgan fingerprint density at radius 2 is 2.09 bits per heavy atom. The number of pyridine rings is 1. The zero-order valence-electron chi connectivity index (χ0n) is 13.5. The van der Waals surface area contributed by atoms with Crippen LogP contribution in [0.2, 0.25) is 5.02 Å². The lowest BCUT2D eigenvalue weighted by Crippen LogP contribution is -2.25. The van der Waals surface area contributed by atoms with Gasteiger partial charge in [0.1, 0.15) is 5.82 Å². The first-order valence-electron chi connectivity index (χ1n) is 7.77. The molecule has 0 saturated carbocycles. The lowest BCUT2D eigenvalue weighted by atomic mass is 10.1. The van der Waals surface area contributed by atoms with Crippen LogP contribution < -0.4 is 10.6 Å². The Morgan fingerprint density at radius 1 is 1.26 bits per heavy atom. The number of anilines is 1. The molecule has 0 saturated heterocycles. The number of amides is 1. The number of hydrogen-bond donors (Lipinski definition) is 2. The molecule has 1 aromatic carbocycles. The Morgan fingerprint density at radius 3 is 2.83 bits per heavy atom. The molecule has 0 aliphatic rings. The standard InChI is InChI=1S/C18H22ClN3O/c1-13(2)12-22-17-11-15(7-9-20-17)18(23)21-8-6-14-4-3-5-16(19)10-14/h3-5,7,9-11,13H,6,8,12H2,1-2H3,(H,20,22)(H,21,23). The summed E-state index contributed by atoms with van der Waals surface area (Å²) < 4.78 is 0. The van der Waals surface area contributed by atoms with Crippen LogP contribution in [0.4, 0.5) is 5.82 Å². The summed E-state index contributed by atoms with van der Waals surface area (Å²) in [5, 5.41) is 6.86. The van der Waals surface area contributed by atoms with E-state index in [1.807, 2.05) is 24.3 Å². The molecule has 0 aliphatic heterocycles. The molecule has 0 atom stereocenters. The quantitative estimate of drug-likeness (QED) is 0.812. The smallest absolute Gasteiger partial charge is 0.251 e. The van der Waals surface area contributed by atoms with Gasteiger partial charge in [-0.2, -0.15) is 0 Å². The van der Waals surface area contributed by atoms with Crippen LogP contribution >= 0.6 is 11.6 Å². The van der Waals surface area contributed by atoms with Crippen molar-refractivity contribution in [2.75, 3.05) is 18.4 Å². The largest absolute Gasteiger partial charge is 0.370 e. The fourth-order valence-corrected chi connectivity index (χ4v) is 2.30. The van der Waals surface area contributed by atoms with Gasteiger partial charge in [0, 0.05) is 29.9 Å². The van der Waals surface area contributed by atoms with Gasteiger partial charge in [0.25, 0.3) is 5.91 Å². The SMILES string of the molecule is CC(C)CNc1cc(C(=O)NCCc2cccc(Cl)c2)ccn1. The average molecular weight is 332 g/mol. The van der Waals surface area contributed by atoms with E-state index >= 15 is 0 Å². The molecule has 122 valence electrons. The van der Waals surface area contributed by atoms with E-state index in [0.29, 0.717) is 23.0 Å². The van der Waals surface area contributed by atoms with Gasteiger partial charge in [-0.1, -0.05) is 37.6 Å². The molecule has 0 spiro atoms. The summed E-state index contributed by atoms with van der Waals surface area (Å²) >= 11 is 5.95. The second-order valence-electron chi connectivity index (χ2n) is 5.84. The monoisotopic (exact) mass is 331 g/mol. The number of nitrogens with one attached hydrogen (secondary N) is 2. The van der Waals surface area contributed by atoms with E-state index in [9.17, 15) is 4.79 Å². The highest BCUT2D eigenvalue weighted by Gasteiger charge is 2.07.